The third-order valence-corrected chi connectivity index (χ3v) is 4.90. The number of thioether (sulfide) groups is 1. The number of esters is 1. The second kappa shape index (κ2) is 7.92. The first-order valence-corrected chi connectivity index (χ1v) is 8.91. The lowest BCUT2D eigenvalue weighted by Gasteiger charge is -2.19. The SMILES string of the molecule is CCOC(=O)C(C)N1C(=O)S/C(=C/c2cc(Br)c(O)c(OC)c2)C1=O. The van der Waals surface area contributed by atoms with Crippen molar-refractivity contribution in [1.82, 2.24) is 4.90 Å². The van der Waals surface area contributed by atoms with Gasteiger partial charge in [0.2, 0.25) is 0 Å². The van der Waals surface area contributed by atoms with E-state index in [1.54, 1.807) is 13.0 Å². The van der Waals surface area contributed by atoms with E-state index >= 15 is 0 Å². The lowest BCUT2D eigenvalue weighted by atomic mass is 10.1. The van der Waals surface area contributed by atoms with Crippen LogP contribution in [0.15, 0.2) is 21.5 Å². The molecule has 0 aromatic heterocycles. The van der Waals surface area contributed by atoms with Gasteiger partial charge in [0.1, 0.15) is 6.04 Å². The van der Waals surface area contributed by atoms with E-state index in [4.69, 9.17) is 9.47 Å². The normalized spacial score (nSPS) is 17.1. The number of benzene rings is 1. The van der Waals surface area contributed by atoms with Gasteiger partial charge in [-0.05, 0) is 65.3 Å². The molecule has 0 saturated carbocycles. The molecule has 2 amide bonds. The van der Waals surface area contributed by atoms with Gasteiger partial charge in [-0.3, -0.25) is 14.5 Å². The van der Waals surface area contributed by atoms with E-state index in [1.165, 1.54) is 26.2 Å². The molecule has 0 aliphatic carbocycles. The van der Waals surface area contributed by atoms with Crippen LogP contribution in [0.25, 0.3) is 6.08 Å². The minimum absolute atomic E-state index is 0.0660. The van der Waals surface area contributed by atoms with E-state index in [9.17, 15) is 19.5 Å². The second-order valence-corrected chi connectivity index (χ2v) is 6.88. The number of methoxy groups -OCH3 is 1. The van der Waals surface area contributed by atoms with Gasteiger partial charge in [-0.2, -0.15) is 0 Å². The van der Waals surface area contributed by atoms with Crippen molar-refractivity contribution in [3.63, 3.8) is 0 Å². The summed E-state index contributed by atoms with van der Waals surface area (Å²) in [7, 11) is 1.40. The Morgan fingerprint density at radius 3 is 2.72 bits per heavy atom. The Morgan fingerprint density at radius 1 is 1.44 bits per heavy atom. The fraction of sp³-hybridized carbons (Fsp3) is 0.312. The van der Waals surface area contributed by atoms with E-state index in [0.29, 0.717) is 10.0 Å². The van der Waals surface area contributed by atoms with Crippen molar-refractivity contribution in [3.05, 3.63) is 27.1 Å². The summed E-state index contributed by atoms with van der Waals surface area (Å²) >= 11 is 3.93. The van der Waals surface area contributed by atoms with Gasteiger partial charge in [-0.25, -0.2) is 4.79 Å². The summed E-state index contributed by atoms with van der Waals surface area (Å²) < 4.78 is 10.3. The van der Waals surface area contributed by atoms with Crippen molar-refractivity contribution in [2.75, 3.05) is 13.7 Å². The van der Waals surface area contributed by atoms with Crippen LogP contribution in [0.5, 0.6) is 11.5 Å². The number of amides is 2. The molecular weight excluding hydrogens is 414 g/mol. The Morgan fingerprint density at radius 2 is 2.12 bits per heavy atom. The standard InChI is InChI=1S/C16H16BrNO6S/c1-4-24-15(21)8(2)18-14(20)12(25-16(18)22)7-9-5-10(17)13(19)11(6-9)23-3/h5-8,19H,4H2,1-3H3/b12-7+. The maximum atomic E-state index is 12.5. The number of hydrogen-bond donors (Lipinski definition) is 1. The number of ether oxygens (including phenoxy) is 2. The molecule has 25 heavy (non-hydrogen) atoms. The second-order valence-electron chi connectivity index (χ2n) is 5.03. The molecule has 1 unspecified atom stereocenters. The summed E-state index contributed by atoms with van der Waals surface area (Å²) in [6.07, 6.45) is 1.50. The van der Waals surface area contributed by atoms with E-state index in [0.717, 1.165) is 16.7 Å². The summed E-state index contributed by atoms with van der Waals surface area (Å²) in [5, 5.41) is 9.28. The zero-order valence-corrected chi connectivity index (χ0v) is 16.1. The number of halogens is 1. The van der Waals surface area contributed by atoms with Gasteiger partial charge in [0.25, 0.3) is 11.1 Å². The topological polar surface area (TPSA) is 93.1 Å². The number of rotatable bonds is 5. The molecule has 134 valence electrons. The average Bonchev–Trinajstić information content (AvgIpc) is 2.84. The lowest BCUT2D eigenvalue weighted by Crippen LogP contribution is -2.42. The van der Waals surface area contributed by atoms with Gasteiger partial charge in [-0.15, -0.1) is 0 Å². The molecule has 1 atom stereocenters. The first kappa shape index (κ1) is 19.3. The molecule has 1 aromatic rings. The van der Waals surface area contributed by atoms with Crippen LogP contribution < -0.4 is 4.74 Å². The predicted molar refractivity (Wildman–Crippen MR) is 96.3 cm³/mol. The minimum Gasteiger partial charge on any atom is -0.503 e. The molecular formula is C16H16BrNO6S. The van der Waals surface area contributed by atoms with Crippen molar-refractivity contribution in [1.29, 1.82) is 0 Å². The number of carbonyl (C=O) groups is 3. The highest BCUT2D eigenvalue weighted by atomic mass is 79.9. The van der Waals surface area contributed by atoms with Crippen molar-refractivity contribution >= 4 is 50.9 Å². The van der Waals surface area contributed by atoms with E-state index in [-0.39, 0.29) is 23.0 Å². The molecule has 9 heteroatoms. The number of phenols is 1. The molecule has 1 aliphatic rings. The van der Waals surface area contributed by atoms with Gasteiger partial charge in [0.05, 0.1) is 23.1 Å². The molecule has 1 aliphatic heterocycles. The van der Waals surface area contributed by atoms with Crippen LogP contribution >= 0.6 is 27.7 Å². The molecule has 2 rings (SSSR count). The highest BCUT2D eigenvalue weighted by Gasteiger charge is 2.41. The summed E-state index contributed by atoms with van der Waals surface area (Å²) in [6.45, 7) is 3.25. The van der Waals surface area contributed by atoms with Crippen LogP contribution in [0.1, 0.15) is 19.4 Å². The maximum absolute atomic E-state index is 12.5. The van der Waals surface area contributed by atoms with Crippen LogP contribution in [0, 0.1) is 0 Å². The van der Waals surface area contributed by atoms with Crippen LogP contribution in [-0.4, -0.2) is 46.9 Å². The Hall–Kier alpha value is -2.00. The predicted octanol–water partition coefficient (Wildman–Crippen LogP) is 3.15. The van der Waals surface area contributed by atoms with Crippen molar-refractivity contribution < 1.29 is 29.0 Å². The number of nitrogens with zero attached hydrogens (tertiary/aromatic N) is 1. The fourth-order valence-corrected chi connectivity index (χ4v) is 3.53. The monoisotopic (exact) mass is 429 g/mol. The van der Waals surface area contributed by atoms with Gasteiger partial charge < -0.3 is 14.6 Å². The molecule has 1 saturated heterocycles. The Labute approximate surface area is 157 Å². The number of hydrogen-bond acceptors (Lipinski definition) is 7. The van der Waals surface area contributed by atoms with Crippen LogP contribution in [-0.2, 0) is 14.3 Å². The molecule has 1 fully saturated rings. The first-order valence-electron chi connectivity index (χ1n) is 7.30. The third-order valence-electron chi connectivity index (χ3n) is 3.41. The Kier molecular flexibility index (Phi) is 6.12. The number of phenolic OH excluding ortho intramolecular Hbond substituents is 1. The highest BCUT2D eigenvalue weighted by molar-refractivity contribution is 9.10. The smallest absolute Gasteiger partial charge is 0.329 e. The number of carbonyl (C=O) groups excluding carboxylic acids is 3. The Balaban J connectivity index is 2.32. The summed E-state index contributed by atoms with van der Waals surface area (Å²) in [6, 6.07) is 2.11. The Bertz CT molecular complexity index is 763. The van der Waals surface area contributed by atoms with Crippen LogP contribution in [0.3, 0.4) is 0 Å². The molecule has 1 aromatic carbocycles. The first-order chi connectivity index (χ1) is 11.8. The van der Waals surface area contributed by atoms with E-state index in [1.807, 2.05) is 0 Å². The lowest BCUT2D eigenvalue weighted by molar-refractivity contribution is -0.150. The molecule has 1 N–H and O–H groups in total. The van der Waals surface area contributed by atoms with Crippen LogP contribution in [0.2, 0.25) is 0 Å². The third kappa shape index (κ3) is 3.98. The van der Waals surface area contributed by atoms with Crippen molar-refractivity contribution in [3.8, 4) is 11.5 Å². The maximum Gasteiger partial charge on any atom is 0.329 e. The summed E-state index contributed by atoms with van der Waals surface area (Å²) in [5.74, 6) is -1.05. The van der Waals surface area contributed by atoms with Crippen molar-refractivity contribution in [2.45, 2.75) is 19.9 Å². The molecule has 0 bridgehead atoms. The van der Waals surface area contributed by atoms with E-state index in [2.05, 4.69) is 15.9 Å². The quantitative estimate of drug-likeness (QED) is 0.567. The van der Waals surface area contributed by atoms with E-state index < -0.39 is 23.2 Å². The van der Waals surface area contributed by atoms with Gasteiger partial charge in [0.15, 0.2) is 11.5 Å². The summed E-state index contributed by atoms with van der Waals surface area (Å²) in [4.78, 5) is 37.5. The van der Waals surface area contributed by atoms with Gasteiger partial charge in [-0.1, -0.05) is 0 Å². The zero-order valence-electron chi connectivity index (χ0n) is 13.7. The average molecular weight is 430 g/mol. The van der Waals surface area contributed by atoms with Gasteiger partial charge in [0, 0.05) is 0 Å². The van der Waals surface area contributed by atoms with Crippen molar-refractivity contribution in [2.24, 2.45) is 0 Å². The fourth-order valence-electron chi connectivity index (χ4n) is 2.17. The molecule has 0 radical (unpaired) electrons. The van der Waals surface area contributed by atoms with Crippen LogP contribution in [0.4, 0.5) is 4.79 Å². The summed E-state index contributed by atoms with van der Waals surface area (Å²) in [5.41, 5.74) is 0.552. The zero-order chi connectivity index (χ0) is 18.7. The molecule has 1 heterocycles. The minimum atomic E-state index is -1.00. The molecule has 7 nitrogen and oxygen atoms in total. The number of imide groups is 1. The highest BCUT2D eigenvalue weighted by Crippen LogP contribution is 2.38. The number of aromatic hydroxyl groups is 1. The van der Waals surface area contributed by atoms with Gasteiger partial charge >= 0.3 is 5.97 Å². The largest absolute Gasteiger partial charge is 0.503 e. The molecule has 0 spiro atoms.